The second-order valence-corrected chi connectivity index (χ2v) is 6.74. The van der Waals surface area contributed by atoms with E-state index in [9.17, 15) is 24.8 Å². The molecule has 2 unspecified atom stereocenters. The SMILES string of the molecule is CCOC(=O)C(C(=O)O)C(c1ccc(OC)cc1)C1([N+](=O)[O-])CCCCC1. The van der Waals surface area contributed by atoms with Crippen LogP contribution >= 0.6 is 0 Å². The first kappa shape index (κ1) is 20.7. The van der Waals surface area contributed by atoms with Crippen molar-refractivity contribution >= 4 is 11.9 Å². The highest BCUT2D eigenvalue weighted by Crippen LogP contribution is 2.47. The molecule has 1 aliphatic carbocycles. The lowest BCUT2D eigenvalue weighted by molar-refractivity contribution is -0.581. The summed E-state index contributed by atoms with van der Waals surface area (Å²) in [5.74, 6) is -4.60. The van der Waals surface area contributed by atoms with Gasteiger partial charge >= 0.3 is 11.9 Å². The van der Waals surface area contributed by atoms with Crippen molar-refractivity contribution in [1.29, 1.82) is 0 Å². The lowest BCUT2D eigenvalue weighted by atomic mass is 9.65. The van der Waals surface area contributed by atoms with Crippen molar-refractivity contribution < 1.29 is 29.1 Å². The zero-order valence-electron chi connectivity index (χ0n) is 15.6. The van der Waals surface area contributed by atoms with E-state index in [-0.39, 0.29) is 19.4 Å². The minimum absolute atomic E-state index is 0.00338. The van der Waals surface area contributed by atoms with Gasteiger partial charge in [-0.25, -0.2) is 0 Å². The van der Waals surface area contributed by atoms with Crippen LogP contribution in [0.4, 0.5) is 0 Å². The number of nitrogens with zero attached hydrogens (tertiary/aromatic N) is 1. The summed E-state index contributed by atoms with van der Waals surface area (Å²) in [4.78, 5) is 36.3. The van der Waals surface area contributed by atoms with Crippen LogP contribution in [0.25, 0.3) is 0 Å². The molecule has 1 aromatic rings. The van der Waals surface area contributed by atoms with E-state index >= 15 is 0 Å². The Balaban J connectivity index is 2.63. The predicted octanol–water partition coefficient (Wildman–Crippen LogP) is 3.02. The van der Waals surface area contributed by atoms with Crippen molar-refractivity contribution in [2.75, 3.05) is 13.7 Å². The number of rotatable bonds is 8. The van der Waals surface area contributed by atoms with Gasteiger partial charge in [0.05, 0.1) is 19.6 Å². The van der Waals surface area contributed by atoms with Crippen LogP contribution in [0.15, 0.2) is 24.3 Å². The van der Waals surface area contributed by atoms with Crippen molar-refractivity contribution in [1.82, 2.24) is 0 Å². The fourth-order valence-corrected chi connectivity index (χ4v) is 4.01. The molecule has 0 spiro atoms. The number of aliphatic carboxylic acids is 1. The highest BCUT2D eigenvalue weighted by Gasteiger charge is 2.58. The number of hydrogen-bond donors (Lipinski definition) is 1. The van der Waals surface area contributed by atoms with E-state index in [0.29, 0.717) is 24.2 Å². The summed E-state index contributed by atoms with van der Waals surface area (Å²) in [7, 11) is 1.49. The molecule has 1 fully saturated rings. The lowest BCUT2D eigenvalue weighted by Gasteiger charge is -2.38. The number of carbonyl (C=O) groups excluding carboxylic acids is 1. The van der Waals surface area contributed by atoms with Gasteiger partial charge in [-0.3, -0.25) is 19.7 Å². The van der Waals surface area contributed by atoms with Gasteiger partial charge in [0.1, 0.15) is 5.75 Å². The molecular weight excluding hydrogens is 354 g/mol. The smallest absolute Gasteiger partial charge is 0.321 e. The normalized spacial score (nSPS) is 18.1. The molecule has 0 amide bonds. The number of ether oxygens (including phenoxy) is 2. The molecule has 0 radical (unpaired) electrons. The number of carbonyl (C=O) groups is 2. The third-order valence-corrected chi connectivity index (χ3v) is 5.28. The Hall–Kier alpha value is -2.64. The average Bonchev–Trinajstić information content (AvgIpc) is 2.66. The van der Waals surface area contributed by atoms with Gasteiger partial charge in [0.15, 0.2) is 5.92 Å². The van der Waals surface area contributed by atoms with Gasteiger partial charge in [0, 0.05) is 17.8 Å². The van der Waals surface area contributed by atoms with Gasteiger partial charge in [0.25, 0.3) is 0 Å². The molecule has 1 aromatic carbocycles. The van der Waals surface area contributed by atoms with Gasteiger partial charge in [-0.1, -0.05) is 18.6 Å². The lowest BCUT2D eigenvalue weighted by Crippen LogP contribution is -2.52. The molecule has 1 saturated carbocycles. The zero-order valence-corrected chi connectivity index (χ0v) is 15.6. The third-order valence-electron chi connectivity index (χ3n) is 5.28. The second kappa shape index (κ2) is 8.83. The molecule has 0 heterocycles. The molecule has 0 bridgehead atoms. The average molecular weight is 379 g/mol. The summed E-state index contributed by atoms with van der Waals surface area (Å²) in [6, 6.07) is 6.42. The Kier molecular flexibility index (Phi) is 6.76. The summed E-state index contributed by atoms with van der Waals surface area (Å²) in [6.07, 6.45) is 2.52. The number of carboxylic acids is 1. The highest BCUT2D eigenvalue weighted by atomic mass is 16.6. The van der Waals surface area contributed by atoms with Crippen LogP contribution in [0.3, 0.4) is 0 Å². The molecule has 0 aliphatic heterocycles. The maximum Gasteiger partial charge on any atom is 0.321 e. The van der Waals surface area contributed by atoms with Crippen molar-refractivity contribution in [3.63, 3.8) is 0 Å². The van der Waals surface area contributed by atoms with E-state index in [1.807, 2.05) is 0 Å². The largest absolute Gasteiger partial charge is 0.497 e. The summed E-state index contributed by atoms with van der Waals surface area (Å²) in [5.41, 5.74) is -1.10. The van der Waals surface area contributed by atoms with Crippen molar-refractivity contribution in [2.24, 2.45) is 5.92 Å². The number of carboxylic acid groups (broad SMARTS) is 1. The molecular formula is C19H25NO7. The van der Waals surface area contributed by atoms with Crippen LogP contribution in [0.5, 0.6) is 5.75 Å². The fourth-order valence-electron chi connectivity index (χ4n) is 4.01. The summed E-state index contributed by atoms with van der Waals surface area (Å²) >= 11 is 0. The van der Waals surface area contributed by atoms with E-state index < -0.39 is 34.2 Å². The van der Waals surface area contributed by atoms with E-state index in [1.165, 1.54) is 7.11 Å². The highest BCUT2D eigenvalue weighted by molar-refractivity contribution is 5.95. The van der Waals surface area contributed by atoms with E-state index in [4.69, 9.17) is 9.47 Å². The summed E-state index contributed by atoms with van der Waals surface area (Å²) in [5, 5.41) is 21.9. The monoisotopic (exact) mass is 379 g/mol. The second-order valence-electron chi connectivity index (χ2n) is 6.74. The van der Waals surface area contributed by atoms with Crippen LogP contribution in [-0.2, 0) is 14.3 Å². The predicted molar refractivity (Wildman–Crippen MR) is 96.3 cm³/mol. The topological polar surface area (TPSA) is 116 Å². The molecule has 8 nitrogen and oxygen atoms in total. The van der Waals surface area contributed by atoms with Crippen molar-refractivity contribution in [2.45, 2.75) is 50.5 Å². The Morgan fingerprint density at radius 1 is 1.22 bits per heavy atom. The number of methoxy groups -OCH3 is 1. The summed E-state index contributed by atoms with van der Waals surface area (Å²) in [6.45, 7) is 1.58. The number of benzene rings is 1. The fraction of sp³-hybridized carbons (Fsp3) is 0.579. The van der Waals surface area contributed by atoms with Crippen LogP contribution in [0, 0.1) is 16.0 Å². The molecule has 1 aliphatic rings. The van der Waals surface area contributed by atoms with Crippen molar-refractivity contribution in [3.8, 4) is 5.75 Å². The molecule has 8 heteroatoms. The van der Waals surface area contributed by atoms with E-state index in [0.717, 1.165) is 6.42 Å². The maximum absolute atomic E-state index is 12.5. The summed E-state index contributed by atoms with van der Waals surface area (Å²) < 4.78 is 10.1. The van der Waals surface area contributed by atoms with Crippen LogP contribution in [-0.4, -0.2) is 41.2 Å². The quantitative estimate of drug-likeness (QED) is 0.319. The molecule has 2 atom stereocenters. The minimum atomic E-state index is -1.65. The maximum atomic E-state index is 12.5. The number of hydrogen-bond acceptors (Lipinski definition) is 6. The van der Waals surface area contributed by atoms with Crippen LogP contribution in [0.2, 0.25) is 0 Å². The Morgan fingerprint density at radius 2 is 1.81 bits per heavy atom. The Morgan fingerprint density at radius 3 is 2.26 bits per heavy atom. The molecule has 0 aromatic heterocycles. The Bertz CT molecular complexity index is 680. The van der Waals surface area contributed by atoms with E-state index in [2.05, 4.69) is 0 Å². The third kappa shape index (κ3) is 4.20. The van der Waals surface area contributed by atoms with Crippen LogP contribution < -0.4 is 4.74 Å². The molecule has 148 valence electrons. The molecule has 0 saturated heterocycles. The van der Waals surface area contributed by atoms with Gasteiger partial charge in [0.2, 0.25) is 5.54 Å². The van der Waals surface area contributed by atoms with Gasteiger partial charge in [-0.15, -0.1) is 0 Å². The van der Waals surface area contributed by atoms with Gasteiger partial charge < -0.3 is 14.6 Å². The first-order valence-electron chi connectivity index (χ1n) is 9.05. The molecule has 2 rings (SSSR count). The van der Waals surface area contributed by atoms with Gasteiger partial charge in [-0.05, 0) is 37.5 Å². The van der Waals surface area contributed by atoms with Crippen molar-refractivity contribution in [3.05, 3.63) is 39.9 Å². The first-order valence-corrected chi connectivity index (χ1v) is 9.05. The standard InChI is InChI=1S/C19H25NO7/c1-3-27-18(23)15(17(21)22)16(13-7-9-14(26-2)10-8-13)19(20(24)25)11-5-4-6-12-19/h7-10,15-16H,3-6,11-12H2,1-2H3,(H,21,22). The minimum Gasteiger partial charge on any atom is -0.497 e. The zero-order chi connectivity index (χ0) is 20.0. The Labute approximate surface area is 157 Å². The number of esters is 1. The van der Waals surface area contributed by atoms with Crippen LogP contribution in [0.1, 0.15) is 50.5 Å². The molecule has 1 N–H and O–H groups in total. The molecule has 27 heavy (non-hydrogen) atoms. The van der Waals surface area contributed by atoms with E-state index in [1.54, 1.807) is 31.2 Å². The first-order chi connectivity index (χ1) is 12.9. The number of nitro groups is 1. The van der Waals surface area contributed by atoms with Gasteiger partial charge in [-0.2, -0.15) is 0 Å².